The molecule has 0 aromatic carbocycles. The van der Waals surface area contributed by atoms with E-state index in [1.54, 1.807) is 0 Å². The molecule has 0 aromatic heterocycles. The van der Waals surface area contributed by atoms with E-state index in [2.05, 4.69) is 23.6 Å². The van der Waals surface area contributed by atoms with Crippen molar-refractivity contribution >= 4 is 5.97 Å². The predicted molar refractivity (Wildman–Crippen MR) is 117 cm³/mol. The number of rotatable bonds is 15. The van der Waals surface area contributed by atoms with Gasteiger partial charge in [0.05, 0.1) is 45.6 Å². The van der Waals surface area contributed by atoms with Gasteiger partial charge in [0, 0.05) is 0 Å². The van der Waals surface area contributed by atoms with E-state index >= 15 is 0 Å². The molecule has 4 saturated carbocycles. The van der Waals surface area contributed by atoms with Crippen molar-refractivity contribution < 1.29 is 42.3 Å². The van der Waals surface area contributed by atoms with Crippen molar-refractivity contribution in [2.24, 2.45) is 53.3 Å². The third-order valence-electron chi connectivity index (χ3n) is 8.88. The molecule has 0 N–H and O–H groups in total. The molecule has 0 spiro atoms. The van der Waals surface area contributed by atoms with Crippen LogP contribution < -0.4 is 0 Å². The Kier molecular flexibility index (Phi) is 9.18. The number of ether oxygens (including phenoxy) is 4. The second kappa shape index (κ2) is 12.1. The molecule has 4 bridgehead atoms. The zero-order chi connectivity index (χ0) is 24.1. The molecule has 9 unspecified atom stereocenters. The van der Waals surface area contributed by atoms with Crippen LogP contribution in [-0.4, -0.2) is 58.8 Å². The first-order chi connectivity index (χ1) is 16.5. The maximum atomic E-state index is 12.8. The molecular formula is C25H38F2O7. The lowest BCUT2D eigenvalue weighted by molar-refractivity contribution is -0.257. The molecule has 4 aliphatic rings. The Balaban J connectivity index is 0.985. The van der Waals surface area contributed by atoms with Crippen LogP contribution in [0.3, 0.4) is 0 Å². The van der Waals surface area contributed by atoms with Gasteiger partial charge >= 0.3 is 12.0 Å². The van der Waals surface area contributed by atoms with E-state index in [1.165, 1.54) is 12.8 Å². The Labute approximate surface area is 200 Å². The highest BCUT2D eigenvalue weighted by Crippen LogP contribution is 2.71. The number of carbonyl (C=O) groups is 1. The smallest absolute Gasteiger partial charge is 0.309 e. The van der Waals surface area contributed by atoms with Crippen molar-refractivity contribution in [2.45, 2.75) is 33.1 Å². The van der Waals surface area contributed by atoms with Crippen LogP contribution in [0.15, 0.2) is 12.3 Å². The zero-order valence-electron chi connectivity index (χ0n) is 20.2. The Morgan fingerprint density at radius 1 is 0.765 bits per heavy atom. The van der Waals surface area contributed by atoms with Gasteiger partial charge in [-0.05, 0) is 66.6 Å². The average Bonchev–Trinajstić information content (AvgIpc) is 3.56. The summed E-state index contributed by atoms with van der Waals surface area (Å²) in [6.07, 6.45) is 1.90. The van der Waals surface area contributed by atoms with Gasteiger partial charge in [0.2, 0.25) is 0 Å². The van der Waals surface area contributed by atoms with Crippen LogP contribution in [-0.2, 0) is 33.5 Å². The third-order valence-corrected chi connectivity index (χ3v) is 8.88. The number of carbonyl (C=O) groups excluding carboxylic acids is 1. The van der Waals surface area contributed by atoms with Crippen molar-refractivity contribution in [3.05, 3.63) is 12.3 Å². The second-order valence-electron chi connectivity index (χ2n) is 10.3. The highest BCUT2D eigenvalue weighted by atomic mass is 19.3. The Morgan fingerprint density at radius 2 is 1.35 bits per heavy atom. The molecule has 194 valence electrons. The molecule has 34 heavy (non-hydrogen) atoms. The average molecular weight is 489 g/mol. The number of hydrogen-bond acceptors (Lipinski definition) is 7. The summed E-state index contributed by atoms with van der Waals surface area (Å²) in [6.45, 7) is 7.30. The molecule has 0 radical (unpaired) electrons. The van der Waals surface area contributed by atoms with E-state index < -0.39 is 6.08 Å². The Morgan fingerprint density at radius 3 is 2.00 bits per heavy atom. The largest absolute Gasteiger partial charge is 0.463 e. The van der Waals surface area contributed by atoms with Gasteiger partial charge in [-0.25, -0.2) is 0 Å². The van der Waals surface area contributed by atoms with Gasteiger partial charge in [-0.2, -0.15) is 13.7 Å². The molecule has 4 fully saturated rings. The van der Waals surface area contributed by atoms with Gasteiger partial charge < -0.3 is 23.8 Å². The lowest BCUT2D eigenvalue weighted by Gasteiger charge is -2.43. The topological polar surface area (TPSA) is 72.5 Å². The standard InChI is InChI=1S/C25H38F2O7/c1-15-16(2)19-13-18(15)23-17-11-20(24(19)23)21(12-17)25(28)32-9-7-30-5-3-29-4-6-31-8-10-33-34-14-22(26)27/h14-21,23-24H,3-13H2,1-2H3. The summed E-state index contributed by atoms with van der Waals surface area (Å²) in [5.41, 5.74) is 0. The molecule has 0 aromatic rings. The number of halogens is 2. The maximum absolute atomic E-state index is 12.8. The molecule has 4 aliphatic carbocycles. The van der Waals surface area contributed by atoms with E-state index in [1.807, 2.05) is 0 Å². The van der Waals surface area contributed by atoms with Crippen LogP contribution in [0.4, 0.5) is 8.78 Å². The fourth-order valence-corrected chi connectivity index (χ4v) is 7.56. The van der Waals surface area contributed by atoms with E-state index in [0.29, 0.717) is 39.0 Å². The van der Waals surface area contributed by atoms with Crippen LogP contribution >= 0.6 is 0 Å². The van der Waals surface area contributed by atoms with Gasteiger partial charge in [-0.3, -0.25) is 4.79 Å². The Bertz CT molecular complexity index is 701. The number of fused-ring (bicyclic) bond motifs is 9. The molecule has 0 amide bonds. The highest BCUT2D eigenvalue weighted by molar-refractivity contribution is 5.73. The highest BCUT2D eigenvalue weighted by Gasteiger charge is 2.66. The second-order valence-corrected chi connectivity index (χ2v) is 10.3. The molecule has 9 heteroatoms. The summed E-state index contributed by atoms with van der Waals surface area (Å²) in [4.78, 5) is 21.3. The summed E-state index contributed by atoms with van der Waals surface area (Å²) in [7, 11) is 0. The lowest BCUT2D eigenvalue weighted by Crippen LogP contribution is -2.41. The van der Waals surface area contributed by atoms with E-state index in [9.17, 15) is 13.6 Å². The van der Waals surface area contributed by atoms with Crippen molar-refractivity contribution in [2.75, 3.05) is 52.9 Å². The minimum atomic E-state index is -1.96. The van der Waals surface area contributed by atoms with Crippen LogP contribution in [0, 0.1) is 53.3 Å². The van der Waals surface area contributed by atoms with Gasteiger partial charge in [0.25, 0.3) is 0 Å². The van der Waals surface area contributed by atoms with Crippen LogP contribution in [0.5, 0.6) is 0 Å². The lowest BCUT2D eigenvalue weighted by atomic mass is 9.62. The minimum Gasteiger partial charge on any atom is -0.463 e. The molecule has 7 nitrogen and oxygen atoms in total. The minimum absolute atomic E-state index is 0.0216. The van der Waals surface area contributed by atoms with Crippen molar-refractivity contribution in [3.8, 4) is 0 Å². The van der Waals surface area contributed by atoms with E-state index in [0.717, 1.165) is 47.8 Å². The third kappa shape index (κ3) is 5.74. The molecular weight excluding hydrogens is 450 g/mol. The quantitative estimate of drug-likeness (QED) is 0.0859. The Hall–Kier alpha value is -1.29. The van der Waals surface area contributed by atoms with Crippen molar-refractivity contribution in [1.29, 1.82) is 0 Å². The first-order valence-corrected chi connectivity index (χ1v) is 12.7. The number of esters is 1. The first-order valence-electron chi connectivity index (χ1n) is 12.7. The first kappa shape index (κ1) is 25.8. The van der Waals surface area contributed by atoms with Crippen LogP contribution in [0.2, 0.25) is 0 Å². The van der Waals surface area contributed by atoms with Crippen molar-refractivity contribution in [1.82, 2.24) is 0 Å². The van der Waals surface area contributed by atoms with E-state index in [4.69, 9.17) is 18.9 Å². The summed E-state index contributed by atoms with van der Waals surface area (Å²) in [6, 6.07) is 0. The predicted octanol–water partition coefficient (Wildman–Crippen LogP) is 4.08. The summed E-state index contributed by atoms with van der Waals surface area (Å²) < 4.78 is 45.0. The fourth-order valence-electron chi connectivity index (χ4n) is 7.56. The molecule has 4 rings (SSSR count). The zero-order valence-corrected chi connectivity index (χ0v) is 20.2. The summed E-state index contributed by atoms with van der Waals surface area (Å²) >= 11 is 0. The van der Waals surface area contributed by atoms with Gasteiger partial charge in [-0.1, -0.05) is 13.8 Å². The molecule has 0 heterocycles. The normalized spacial score (nSPS) is 37.1. The van der Waals surface area contributed by atoms with Gasteiger partial charge in [0.1, 0.15) is 13.2 Å². The molecule has 0 aliphatic heterocycles. The number of hydrogen-bond donors (Lipinski definition) is 0. The monoisotopic (exact) mass is 488 g/mol. The molecule has 9 atom stereocenters. The molecule has 0 saturated heterocycles. The van der Waals surface area contributed by atoms with Gasteiger partial charge in [0.15, 0.2) is 6.26 Å². The fraction of sp³-hybridized carbons (Fsp3) is 0.880. The van der Waals surface area contributed by atoms with E-state index in [-0.39, 0.29) is 38.0 Å². The van der Waals surface area contributed by atoms with Crippen LogP contribution in [0.25, 0.3) is 0 Å². The summed E-state index contributed by atoms with van der Waals surface area (Å²) in [5.74, 6) is 6.35. The van der Waals surface area contributed by atoms with Crippen molar-refractivity contribution in [3.63, 3.8) is 0 Å². The van der Waals surface area contributed by atoms with Crippen LogP contribution in [0.1, 0.15) is 33.1 Å². The van der Waals surface area contributed by atoms with Gasteiger partial charge in [-0.15, -0.1) is 0 Å². The SMILES string of the molecule is CC1C(C)C2CC1C1C3CC(C(=O)OCCOCCOCCOCCOOC=C(F)F)C(C3)C21. The maximum Gasteiger partial charge on any atom is 0.309 e. The summed E-state index contributed by atoms with van der Waals surface area (Å²) in [5, 5.41) is 0.